The van der Waals surface area contributed by atoms with Crippen molar-refractivity contribution in [3.63, 3.8) is 0 Å². The van der Waals surface area contributed by atoms with Crippen LogP contribution in [-0.4, -0.2) is 59.9 Å². The van der Waals surface area contributed by atoms with Crippen molar-refractivity contribution in [2.24, 2.45) is 9.98 Å². The second kappa shape index (κ2) is 15.4. The summed E-state index contributed by atoms with van der Waals surface area (Å²) in [5.74, 6) is 0. The van der Waals surface area contributed by atoms with Gasteiger partial charge in [0, 0.05) is 25.4 Å². The van der Waals surface area contributed by atoms with E-state index >= 15 is 0 Å². The Kier molecular flexibility index (Phi) is 11.8. The summed E-state index contributed by atoms with van der Waals surface area (Å²) in [6, 6.07) is 2.39. The number of aromatic nitrogens is 2. The van der Waals surface area contributed by atoms with Crippen molar-refractivity contribution < 1.29 is 4.74 Å². The molecule has 0 bridgehead atoms. The van der Waals surface area contributed by atoms with Gasteiger partial charge in [0.2, 0.25) is 0 Å². The normalized spacial score (nSPS) is 16.4. The summed E-state index contributed by atoms with van der Waals surface area (Å²) in [4.78, 5) is 20.1. The van der Waals surface area contributed by atoms with Crippen LogP contribution in [0.2, 0.25) is 0 Å². The molecule has 1 aliphatic heterocycles. The number of hydrogen-bond donors (Lipinski definition) is 0. The van der Waals surface area contributed by atoms with Crippen LogP contribution in [0.3, 0.4) is 0 Å². The molecule has 0 atom stereocenters. The first kappa shape index (κ1) is 27.0. The largest absolute Gasteiger partial charge is 0.459 e. The lowest BCUT2D eigenvalue weighted by Crippen LogP contribution is -2.26. The Bertz CT molecular complexity index is 1010. The third-order valence-corrected chi connectivity index (χ3v) is 6.86. The summed E-state index contributed by atoms with van der Waals surface area (Å²) >= 11 is 1.68. The predicted molar refractivity (Wildman–Crippen MR) is 150 cm³/mol. The molecule has 1 aliphatic rings. The first-order valence-electron chi connectivity index (χ1n) is 12.8. The van der Waals surface area contributed by atoms with Gasteiger partial charge in [-0.05, 0) is 62.9 Å². The highest BCUT2D eigenvalue weighted by Gasteiger charge is 2.09. The van der Waals surface area contributed by atoms with Crippen LogP contribution in [0.25, 0.3) is 10.2 Å². The topological polar surface area (TPSA) is 63.0 Å². The minimum absolute atomic E-state index is 0.396. The zero-order valence-corrected chi connectivity index (χ0v) is 22.1. The molecule has 0 N–H and O–H groups in total. The van der Waals surface area contributed by atoms with E-state index in [4.69, 9.17) is 4.74 Å². The fourth-order valence-corrected chi connectivity index (χ4v) is 4.94. The summed E-state index contributed by atoms with van der Waals surface area (Å²) in [6.45, 7) is 12.7. The summed E-state index contributed by atoms with van der Waals surface area (Å²) in [6.07, 6.45) is 20.0. The Morgan fingerprint density at radius 3 is 2.83 bits per heavy atom. The molecule has 0 radical (unpaired) electrons. The molecule has 6 nitrogen and oxygen atoms in total. The summed E-state index contributed by atoms with van der Waals surface area (Å²) < 4.78 is 7.00. The number of fused-ring (bicyclic) bond motifs is 1. The van der Waals surface area contributed by atoms with Crippen molar-refractivity contribution in [2.45, 2.75) is 58.8 Å². The summed E-state index contributed by atoms with van der Waals surface area (Å²) in [5.41, 5.74) is 3.34. The van der Waals surface area contributed by atoms with Gasteiger partial charge in [-0.3, -0.25) is 9.88 Å². The molecule has 0 aromatic carbocycles. The summed E-state index contributed by atoms with van der Waals surface area (Å²) in [7, 11) is 0. The zero-order chi connectivity index (χ0) is 24.7. The average molecular weight is 494 g/mol. The minimum atomic E-state index is 0.396. The highest BCUT2D eigenvalue weighted by atomic mass is 32.1. The van der Waals surface area contributed by atoms with Crippen LogP contribution in [-0.2, 0) is 11.2 Å². The van der Waals surface area contributed by atoms with Crippen LogP contribution >= 0.6 is 11.3 Å². The molecule has 1 saturated heterocycles. The van der Waals surface area contributed by atoms with Crippen molar-refractivity contribution in [2.75, 3.05) is 32.8 Å². The van der Waals surface area contributed by atoms with Crippen molar-refractivity contribution in [3.8, 4) is 0 Å². The first-order chi connectivity index (χ1) is 17.2. The minimum Gasteiger partial charge on any atom is -0.459 e. The molecule has 0 amide bonds. The number of rotatable bonds is 11. The van der Waals surface area contributed by atoms with E-state index in [0.29, 0.717) is 19.2 Å². The molecular formula is C28H39N5OS. The first-order valence-corrected chi connectivity index (χ1v) is 13.6. The number of amidine groups is 1. The molecule has 0 saturated carbocycles. The molecule has 3 heterocycles. The molecular weight excluding hydrogens is 454 g/mol. The van der Waals surface area contributed by atoms with E-state index in [0.717, 1.165) is 46.6 Å². The average Bonchev–Trinajstić information content (AvgIpc) is 3.09. The van der Waals surface area contributed by atoms with Gasteiger partial charge in [-0.15, -0.1) is 11.3 Å². The van der Waals surface area contributed by atoms with Crippen LogP contribution in [0, 0.1) is 0 Å². The highest BCUT2D eigenvalue weighted by molar-refractivity contribution is 7.18. The monoisotopic (exact) mass is 493 g/mol. The van der Waals surface area contributed by atoms with Gasteiger partial charge >= 0.3 is 6.02 Å². The number of allylic oxidation sites excluding steroid dienone is 2. The second-order valence-corrected chi connectivity index (χ2v) is 9.89. The Morgan fingerprint density at radius 2 is 2.09 bits per heavy atom. The molecule has 7 heteroatoms. The molecule has 0 aliphatic carbocycles. The fourth-order valence-electron chi connectivity index (χ4n) is 4.02. The zero-order valence-electron chi connectivity index (χ0n) is 21.3. The fraction of sp³-hybridized carbons (Fsp3) is 0.500. The van der Waals surface area contributed by atoms with E-state index in [-0.39, 0.29) is 0 Å². The number of hydrogen-bond acceptors (Lipinski definition) is 6. The van der Waals surface area contributed by atoms with Crippen LogP contribution in [0.15, 0.2) is 64.4 Å². The van der Waals surface area contributed by atoms with E-state index in [1.165, 1.54) is 44.3 Å². The highest BCUT2D eigenvalue weighted by Crippen LogP contribution is 2.21. The van der Waals surface area contributed by atoms with E-state index in [9.17, 15) is 0 Å². The maximum Gasteiger partial charge on any atom is 0.311 e. The van der Waals surface area contributed by atoms with E-state index in [2.05, 4.69) is 56.6 Å². The van der Waals surface area contributed by atoms with Gasteiger partial charge in [0.1, 0.15) is 6.61 Å². The Morgan fingerprint density at radius 1 is 1.26 bits per heavy atom. The van der Waals surface area contributed by atoms with Gasteiger partial charge in [-0.2, -0.15) is 0 Å². The van der Waals surface area contributed by atoms with Crippen molar-refractivity contribution in [3.05, 3.63) is 59.4 Å². The van der Waals surface area contributed by atoms with Crippen LogP contribution in [0.4, 0.5) is 0 Å². The van der Waals surface area contributed by atoms with Gasteiger partial charge in [0.15, 0.2) is 0 Å². The Hall–Kier alpha value is -2.64. The maximum atomic E-state index is 5.85. The number of nitrogens with zero attached hydrogens (tertiary/aromatic N) is 5. The molecule has 1 fully saturated rings. The van der Waals surface area contributed by atoms with Crippen molar-refractivity contribution >= 4 is 33.8 Å². The second-order valence-electron chi connectivity index (χ2n) is 8.78. The third kappa shape index (κ3) is 9.86. The SMILES string of the molecule is C=C(CC=CC(=CCC)CN1CCCCCC1)COC(N=CC)=NCCc1nc2cnccc2s1. The van der Waals surface area contributed by atoms with Gasteiger partial charge in [0.25, 0.3) is 0 Å². The van der Waals surface area contributed by atoms with Gasteiger partial charge < -0.3 is 4.74 Å². The Balaban J connectivity index is 1.44. The van der Waals surface area contributed by atoms with Crippen molar-refractivity contribution in [1.82, 2.24) is 14.9 Å². The van der Waals surface area contributed by atoms with E-state index in [1.54, 1.807) is 29.9 Å². The third-order valence-electron chi connectivity index (χ3n) is 5.76. The molecule has 2 aromatic heterocycles. The molecule has 3 rings (SSSR count). The lowest BCUT2D eigenvalue weighted by atomic mass is 10.1. The van der Waals surface area contributed by atoms with Crippen LogP contribution in [0.1, 0.15) is 57.4 Å². The number of likely N-dealkylation sites (tertiary alicyclic amines) is 1. The van der Waals surface area contributed by atoms with Gasteiger partial charge in [-0.1, -0.05) is 44.6 Å². The lowest BCUT2D eigenvalue weighted by Gasteiger charge is -2.20. The number of thiazole rings is 1. The van der Waals surface area contributed by atoms with Crippen molar-refractivity contribution in [1.29, 1.82) is 0 Å². The quantitative estimate of drug-likeness (QED) is 0.157. The van der Waals surface area contributed by atoms with Gasteiger partial charge in [-0.25, -0.2) is 15.0 Å². The number of ether oxygens (including phenoxy) is 1. The standard InChI is InChI=1S/C28H39N5OS/c1-4-11-24(21-33-18-8-6-7-9-19-33)13-10-12-23(3)22-34-28(30-5-2)31-17-15-27-32-25-20-29-16-14-26(25)35-27/h5,10-11,13-14,16,20H,3-4,6-9,12,15,17-19,21-22H2,1-2H3. The smallest absolute Gasteiger partial charge is 0.311 e. The molecule has 35 heavy (non-hydrogen) atoms. The molecule has 0 spiro atoms. The number of pyridine rings is 1. The number of aliphatic imine (C=N–C) groups is 2. The summed E-state index contributed by atoms with van der Waals surface area (Å²) in [5, 5.41) is 1.04. The predicted octanol–water partition coefficient (Wildman–Crippen LogP) is 6.41. The molecule has 2 aromatic rings. The Labute approximate surface area is 214 Å². The lowest BCUT2D eigenvalue weighted by molar-refractivity contribution is 0.311. The van der Waals surface area contributed by atoms with Crippen LogP contribution in [0.5, 0.6) is 0 Å². The van der Waals surface area contributed by atoms with E-state index < -0.39 is 0 Å². The molecule has 188 valence electrons. The van der Waals surface area contributed by atoms with Gasteiger partial charge in [0.05, 0.1) is 28.0 Å². The maximum absolute atomic E-state index is 5.85. The van der Waals surface area contributed by atoms with Crippen LogP contribution < -0.4 is 0 Å². The molecule has 0 unspecified atom stereocenters. The van der Waals surface area contributed by atoms with E-state index in [1.807, 2.05) is 13.0 Å².